The van der Waals surface area contributed by atoms with Crippen LogP contribution in [0, 0.1) is 5.92 Å². The summed E-state index contributed by atoms with van der Waals surface area (Å²) in [7, 11) is 0. The molecule has 0 radical (unpaired) electrons. The van der Waals surface area contributed by atoms with Crippen molar-refractivity contribution in [1.29, 1.82) is 0 Å². The summed E-state index contributed by atoms with van der Waals surface area (Å²) in [5.41, 5.74) is 6.17. The number of nitrogens with two attached hydrogens (primary N) is 1. The molecule has 1 amide bonds. The zero-order valence-electron chi connectivity index (χ0n) is 14.4. The van der Waals surface area contributed by atoms with Crippen molar-refractivity contribution in [2.75, 3.05) is 6.54 Å². The normalized spacial score (nSPS) is 20.4. The van der Waals surface area contributed by atoms with Gasteiger partial charge in [0, 0.05) is 48.8 Å². The van der Waals surface area contributed by atoms with E-state index in [1.165, 1.54) is 0 Å². The zero-order chi connectivity index (χ0) is 17.6. The Labute approximate surface area is 148 Å². The van der Waals surface area contributed by atoms with E-state index in [2.05, 4.69) is 10.3 Å². The maximum Gasteiger partial charge on any atom is 0.221 e. The Morgan fingerprint density at radius 1 is 1.12 bits per heavy atom. The van der Waals surface area contributed by atoms with E-state index in [9.17, 15) is 9.59 Å². The smallest absolute Gasteiger partial charge is 0.221 e. The molecule has 132 valence electrons. The molecule has 0 spiro atoms. The van der Waals surface area contributed by atoms with Crippen LogP contribution in [0.25, 0.3) is 10.8 Å². The van der Waals surface area contributed by atoms with Crippen molar-refractivity contribution >= 4 is 22.5 Å². The van der Waals surface area contributed by atoms with Crippen LogP contribution in [0.2, 0.25) is 0 Å². The predicted octanol–water partition coefficient (Wildman–Crippen LogP) is 2.83. The first kappa shape index (κ1) is 17.5. The Kier molecular flexibility index (Phi) is 5.76. The van der Waals surface area contributed by atoms with Gasteiger partial charge in [0.2, 0.25) is 5.91 Å². The number of carbonyl (C=O) groups is 2. The number of ketones is 1. The van der Waals surface area contributed by atoms with E-state index in [-0.39, 0.29) is 17.7 Å². The standard InChI is InChI=1S/C20H25N3O2/c21-9-7-20(25)23-18-5-1-14(2-6-18)11-19(24)16-3-4-17-13-22-10-8-15(17)12-16/h3-4,8,10,12-14,18H,1-2,5-7,9,11,21H2,(H,23,25). The summed E-state index contributed by atoms with van der Waals surface area (Å²) in [5, 5.41) is 5.13. The minimum absolute atomic E-state index is 0.0349. The van der Waals surface area contributed by atoms with Crippen LogP contribution in [0.1, 0.15) is 48.9 Å². The lowest BCUT2D eigenvalue weighted by Crippen LogP contribution is -2.38. The number of nitrogens with zero attached hydrogens (tertiary/aromatic N) is 1. The van der Waals surface area contributed by atoms with Crippen LogP contribution >= 0.6 is 0 Å². The molecule has 3 rings (SSSR count). The summed E-state index contributed by atoms with van der Waals surface area (Å²) in [6, 6.07) is 7.97. The number of fused-ring (bicyclic) bond motifs is 1. The Morgan fingerprint density at radius 2 is 1.92 bits per heavy atom. The van der Waals surface area contributed by atoms with Gasteiger partial charge in [-0.2, -0.15) is 0 Å². The zero-order valence-corrected chi connectivity index (χ0v) is 14.4. The van der Waals surface area contributed by atoms with Gasteiger partial charge >= 0.3 is 0 Å². The van der Waals surface area contributed by atoms with E-state index >= 15 is 0 Å². The van der Waals surface area contributed by atoms with Crippen molar-refractivity contribution in [3.8, 4) is 0 Å². The van der Waals surface area contributed by atoms with Crippen LogP contribution in [0.4, 0.5) is 0 Å². The Hall–Kier alpha value is -2.27. The number of pyridine rings is 1. The summed E-state index contributed by atoms with van der Waals surface area (Å²) in [5.74, 6) is 0.644. The van der Waals surface area contributed by atoms with Gasteiger partial charge in [-0.1, -0.05) is 12.1 Å². The monoisotopic (exact) mass is 339 g/mol. The first-order valence-corrected chi connectivity index (χ1v) is 9.02. The van der Waals surface area contributed by atoms with Gasteiger partial charge < -0.3 is 11.1 Å². The third kappa shape index (κ3) is 4.63. The van der Waals surface area contributed by atoms with Gasteiger partial charge in [0.15, 0.2) is 5.78 Å². The molecule has 1 aromatic carbocycles. The number of hydrogen-bond acceptors (Lipinski definition) is 4. The van der Waals surface area contributed by atoms with E-state index in [1.54, 1.807) is 6.20 Å². The van der Waals surface area contributed by atoms with Gasteiger partial charge in [-0.25, -0.2) is 0 Å². The lowest BCUT2D eigenvalue weighted by Gasteiger charge is -2.28. The van der Waals surface area contributed by atoms with Crippen LogP contribution in [0.5, 0.6) is 0 Å². The summed E-state index contributed by atoms with van der Waals surface area (Å²) in [6.45, 7) is 0.386. The van der Waals surface area contributed by atoms with Crippen molar-refractivity contribution in [1.82, 2.24) is 10.3 Å². The van der Waals surface area contributed by atoms with Gasteiger partial charge in [0.05, 0.1) is 0 Å². The van der Waals surface area contributed by atoms with E-state index in [4.69, 9.17) is 5.73 Å². The number of carbonyl (C=O) groups excluding carboxylic acids is 2. The molecule has 1 aromatic heterocycles. The summed E-state index contributed by atoms with van der Waals surface area (Å²) < 4.78 is 0. The predicted molar refractivity (Wildman–Crippen MR) is 98.3 cm³/mol. The highest BCUT2D eigenvalue weighted by molar-refractivity contribution is 5.99. The molecule has 0 bridgehead atoms. The fourth-order valence-electron chi connectivity index (χ4n) is 3.58. The Morgan fingerprint density at radius 3 is 2.68 bits per heavy atom. The van der Waals surface area contributed by atoms with Crippen molar-refractivity contribution in [2.24, 2.45) is 11.7 Å². The molecule has 25 heavy (non-hydrogen) atoms. The highest BCUT2D eigenvalue weighted by Crippen LogP contribution is 2.28. The molecule has 3 N–H and O–H groups in total. The van der Waals surface area contributed by atoms with Gasteiger partial charge in [0.1, 0.15) is 0 Å². The number of aromatic nitrogens is 1. The van der Waals surface area contributed by atoms with Gasteiger partial charge in [-0.3, -0.25) is 14.6 Å². The van der Waals surface area contributed by atoms with Crippen LogP contribution in [-0.4, -0.2) is 29.3 Å². The van der Waals surface area contributed by atoms with Crippen molar-refractivity contribution in [2.45, 2.75) is 44.6 Å². The molecule has 0 unspecified atom stereocenters. The largest absolute Gasteiger partial charge is 0.353 e. The second-order valence-corrected chi connectivity index (χ2v) is 6.89. The first-order valence-electron chi connectivity index (χ1n) is 9.02. The maximum atomic E-state index is 12.6. The molecule has 5 heteroatoms. The second-order valence-electron chi connectivity index (χ2n) is 6.89. The van der Waals surface area contributed by atoms with Crippen LogP contribution in [0.3, 0.4) is 0 Å². The minimum Gasteiger partial charge on any atom is -0.353 e. The molecule has 2 aromatic rings. The Bertz CT molecular complexity index is 751. The quantitative estimate of drug-likeness (QED) is 0.793. The number of nitrogens with one attached hydrogen (secondary N) is 1. The molecule has 1 aliphatic rings. The topological polar surface area (TPSA) is 85.1 Å². The number of amides is 1. The molecular formula is C20H25N3O2. The molecule has 0 saturated heterocycles. The van der Waals surface area contributed by atoms with E-state index in [1.807, 2.05) is 30.5 Å². The van der Waals surface area contributed by atoms with Crippen molar-refractivity contribution < 1.29 is 9.59 Å². The lowest BCUT2D eigenvalue weighted by molar-refractivity contribution is -0.121. The average Bonchev–Trinajstić information content (AvgIpc) is 2.63. The Balaban J connectivity index is 1.52. The second kappa shape index (κ2) is 8.21. The SMILES string of the molecule is NCCC(=O)NC1CCC(CC(=O)c2ccc3cnccc3c2)CC1. The minimum atomic E-state index is 0.0349. The third-order valence-electron chi connectivity index (χ3n) is 5.02. The van der Waals surface area contributed by atoms with Crippen molar-refractivity contribution in [3.63, 3.8) is 0 Å². The number of hydrogen-bond donors (Lipinski definition) is 2. The number of rotatable bonds is 6. The van der Waals surface area contributed by atoms with Crippen LogP contribution in [0.15, 0.2) is 36.7 Å². The highest BCUT2D eigenvalue weighted by Gasteiger charge is 2.24. The average molecular weight is 339 g/mol. The molecule has 1 saturated carbocycles. The summed E-state index contributed by atoms with van der Waals surface area (Å²) in [4.78, 5) is 28.3. The van der Waals surface area contributed by atoms with Gasteiger partial charge in [-0.05, 0) is 49.1 Å². The highest BCUT2D eigenvalue weighted by atomic mass is 16.1. The van der Waals surface area contributed by atoms with E-state index in [0.717, 1.165) is 42.0 Å². The fourth-order valence-corrected chi connectivity index (χ4v) is 3.58. The van der Waals surface area contributed by atoms with Gasteiger partial charge in [0.25, 0.3) is 0 Å². The molecule has 5 nitrogen and oxygen atoms in total. The first-order chi connectivity index (χ1) is 12.2. The van der Waals surface area contributed by atoms with Crippen molar-refractivity contribution in [3.05, 3.63) is 42.2 Å². The maximum absolute atomic E-state index is 12.6. The number of benzene rings is 1. The van der Waals surface area contributed by atoms with E-state index in [0.29, 0.717) is 25.3 Å². The molecular weight excluding hydrogens is 314 g/mol. The molecule has 1 fully saturated rings. The molecule has 1 heterocycles. The van der Waals surface area contributed by atoms with E-state index < -0.39 is 0 Å². The molecule has 0 atom stereocenters. The summed E-state index contributed by atoms with van der Waals surface area (Å²) >= 11 is 0. The lowest BCUT2D eigenvalue weighted by atomic mass is 9.82. The van der Waals surface area contributed by atoms with Crippen LogP contribution in [-0.2, 0) is 4.79 Å². The summed E-state index contributed by atoms with van der Waals surface area (Å²) in [6.07, 6.45) is 8.37. The van der Waals surface area contributed by atoms with Crippen LogP contribution < -0.4 is 11.1 Å². The van der Waals surface area contributed by atoms with Gasteiger partial charge in [-0.15, -0.1) is 0 Å². The molecule has 1 aliphatic carbocycles. The third-order valence-corrected chi connectivity index (χ3v) is 5.02. The fraction of sp³-hybridized carbons (Fsp3) is 0.450. The number of Topliss-reactive ketones (excluding diaryl/α,β-unsaturated/α-hetero) is 1. The molecule has 0 aliphatic heterocycles.